The summed E-state index contributed by atoms with van der Waals surface area (Å²) >= 11 is 1.36. The Morgan fingerprint density at radius 3 is 2.75 bits per heavy atom. The first-order valence-electron chi connectivity index (χ1n) is 9.96. The van der Waals surface area contributed by atoms with E-state index in [1.165, 1.54) is 11.3 Å². The van der Waals surface area contributed by atoms with Crippen LogP contribution in [0.2, 0.25) is 0 Å². The summed E-state index contributed by atoms with van der Waals surface area (Å²) in [6.45, 7) is 5.77. The molecule has 5 nitrogen and oxygen atoms in total. The summed E-state index contributed by atoms with van der Waals surface area (Å²) in [6.07, 6.45) is 4.04. The van der Waals surface area contributed by atoms with Gasteiger partial charge < -0.3 is 4.90 Å². The third-order valence-corrected chi connectivity index (χ3v) is 6.66. The molecule has 28 heavy (non-hydrogen) atoms. The number of amides is 1. The summed E-state index contributed by atoms with van der Waals surface area (Å²) in [6, 6.07) is 9.99. The molecule has 0 saturated heterocycles. The summed E-state index contributed by atoms with van der Waals surface area (Å²) in [5, 5.41) is 0.620. The van der Waals surface area contributed by atoms with Gasteiger partial charge in [0.15, 0.2) is 0 Å². The molecule has 0 spiro atoms. The van der Waals surface area contributed by atoms with E-state index < -0.39 is 0 Å². The number of aryl methyl sites for hydroxylation is 2. The smallest absolute Gasteiger partial charge is 0.264 e. The standard InChI is InChI=1S/C22H25N3O2S/c1-3-24(14-16-10-6-4-7-11-16)22(27)19-15(2)18-20(28-19)23-17-12-8-5-9-13-25(17)21(18)26/h4,6-7,10-11H,3,5,8-9,12-14H2,1-2H3. The van der Waals surface area contributed by atoms with Gasteiger partial charge >= 0.3 is 0 Å². The van der Waals surface area contributed by atoms with Crippen molar-refractivity contribution in [2.45, 2.75) is 52.6 Å². The highest BCUT2D eigenvalue weighted by atomic mass is 32.1. The third kappa shape index (κ3) is 3.37. The topological polar surface area (TPSA) is 55.2 Å². The fourth-order valence-electron chi connectivity index (χ4n) is 3.89. The lowest BCUT2D eigenvalue weighted by Gasteiger charge is -2.20. The molecule has 1 aliphatic heterocycles. The lowest BCUT2D eigenvalue weighted by Crippen LogP contribution is -2.30. The lowest BCUT2D eigenvalue weighted by atomic mass is 10.1. The molecule has 0 N–H and O–H groups in total. The monoisotopic (exact) mass is 395 g/mol. The van der Waals surface area contributed by atoms with Crippen LogP contribution in [-0.2, 0) is 19.5 Å². The molecule has 0 atom stereocenters. The number of rotatable bonds is 4. The first-order valence-corrected chi connectivity index (χ1v) is 10.8. The number of fused-ring (bicyclic) bond motifs is 2. The number of carbonyl (C=O) groups is 1. The highest BCUT2D eigenvalue weighted by Crippen LogP contribution is 2.29. The molecule has 0 saturated carbocycles. The van der Waals surface area contributed by atoms with E-state index in [1.807, 2.05) is 53.6 Å². The molecule has 1 amide bonds. The second-order valence-corrected chi connectivity index (χ2v) is 8.34. The number of hydrogen-bond acceptors (Lipinski definition) is 4. The van der Waals surface area contributed by atoms with Crippen molar-refractivity contribution in [3.63, 3.8) is 0 Å². The number of hydrogen-bond donors (Lipinski definition) is 0. The Bertz CT molecular complexity index is 1070. The van der Waals surface area contributed by atoms with Crippen molar-refractivity contribution in [3.8, 4) is 0 Å². The Kier molecular flexibility index (Phi) is 5.31. The van der Waals surface area contributed by atoms with Crippen molar-refractivity contribution in [3.05, 3.63) is 62.5 Å². The van der Waals surface area contributed by atoms with E-state index in [-0.39, 0.29) is 11.5 Å². The summed E-state index contributed by atoms with van der Waals surface area (Å²) in [7, 11) is 0. The van der Waals surface area contributed by atoms with Gasteiger partial charge in [-0.25, -0.2) is 4.98 Å². The predicted octanol–water partition coefficient (Wildman–Crippen LogP) is 4.16. The molecule has 2 aromatic heterocycles. The highest BCUT2D eigenvalue weighted by Gasteiger charge is 2.24. The average Bonchev–Trinajstić information content (AvgIpc) is 2.88. The van der Waals surface area contributed by atoms with E-state index in [2.05, 4.69) is 0 Å². The first kappa shape index (κ1) is 18.9. The fraction of sp³-hybridized carbons (Fsp3) is 0.409. The predicted molar refractivity (Wildman–Crippen MR) is 113 cm³/mol. The molecular formula is C22H25N3O2S. The van der Waals surface area contributed by atoms with Crippen LogP contribution in [-0.4, -0.2) is 26.9 Å². The normalized spacial score (nSPS) is 13.9. The maximum atomic E-state index is 13.3. The molecule has 1 aliphatic rings. The van der Waals surface area contributed by atoms with Gasteiger partial charge in [-0.1, -0.05) is 36.8 Å². The van der Waals surface area contributed by atoms with Gasteiger partial charge in [0.25, 0.3) is 11.5 Å². The third-order valence-electron chi connectivity index (χ3n) is 5.49. The molecule has 0 radical (unpaired) electrons. The fourth-order valence-corrected chi connectivity index (χ4v) is 5.05. The van der Waals surface area contributed by atoms with Gasteiger partial charge in [0.1, 0.15) is 10.7 Å². The van der Waals surface area contributed by atoms with Crippen LogP contribution < -0.4 is 5.56 Å². The van der Waals surface area contributed by atoms with Crippen LogP contribution in [0.3, 0.4) is 0 Å². The highest BCUT2D eigenvalue weighted by molar-refractivity contribution is 7.20. The number of nitrogens with zero attached hydrogens (tertiary/aromatic N) is 3. The number of benzene rings is 1. The Hall–Kier alpha value is -2.47. The maximum Gasteiger partial charge on any atom is 0.264 e. The minimum atomic E-state index is -0.0218. The zero-order valence-corrected chi connectivity index (χ0v) is 17.2. The number of carbonyl (C=O) groups excluding carboxylic acids is 1. The molecular weight excluding hydrogens is 370 g/mol. The van der Waals surface area contributed by atoms with Crippen molar-refractivity contribution < 1.29 is 4.79 Å². The maximum absolute atomic E-state index is 13.3. The van der Waals surface area contributed by atoms with E-state index in [1.54, 1.807) is 0 Å². The molecule has 6 heteroatoms. The van der Waals surface area contributed by atoms with E-state index in [0.717, 1.165) is 49.2 Å². The summed E-state index contributed by atoms with van der Waals surface area (Å²) < 4.78 is 1.82. The van der Waals surface area contributed by atoms with Crippen LogP contribution in [0.15, 0.2) is 35.1 Å². The van der Waals surface area contributed by atoms with Gasteiger partial charge in [-0.05, 0) is 37.8 Å². The van der Waals surface area contributed by atoms with Crippen LogP contribution in [0.25, 0.3) is 10.2 Å². The molecule has 146 valence electrons. The van der Waals surface area contributed by atoms with Crippen molar-refractivity contribution in [1.82, 2.24) is 14.5 Å². The van der Waals surface area contributed by atoms with Gasteiger partial charge in [-0.2, -0.15) is 0 Å². The van der Waals surface area contributed by atoms with E-state index in [4.69, 9.17) is 4.98 Å². The molecule has 0 fully saturated rings. The Morgan fingerprint density at radius 1 is 1.21 bits per heavy atom. The minimum absolute atomic E-state index is 0.0146. The zero-order chi connectivity index (χ0) is 19.7. The van der Waals surface area contributed by atoms with Crippen LogP contribution in [0.5, 0.6) is 0 Å². The van der Waals surface area contributed by atoms with Crippen LogP contribution in [0.1, 0.15) is 52.8 Å². The SMILES string of the molecule is CCN(Cc1ccccc1)C(=O)c1sc2nc3n(c(=O)c2c1C)CCCCC3. The van der Waals surface area contributed by atoms with Crippen molar-refractivity contribution in [2.75, 3.05) is 6.54 Å². The molecule has 0 aliphatic carbocycles. The summed E-state index contributed by atoms with van der Waals surface area (Å²) in [5.41, 5.74) is 1.88. The molecule has 0 unspecified atom stereocenters. The minimum Gasteiger partial charge on any atom is -0.334 e. The van der Waals surface area contributed by atoms with Crippen molar-refractivity contribution >= 4 is 27.5 Å². The van der Waals surface area contributed by atoms with Gasteiger partial charge in [-0.3, -0.25) is 14.2 Å². The second kappa shape index (κ2) is 7.87. The molecule has 4 rings (SSSR count). The van der Waals surface area contributed by atoms with E-state index in [0.29, 0.717) is 28.2 Å². The van der Waals surface area contributed by atoms with Crippen LogP contribution in [0, 0.1) is 6.92 Å². The molecule has 0 bridgehead atoms. The van der Waals surface area contributed by atoms with Gasteiger partial charge in [0.05, 0.1) is 10.3 Å². The Morgan fingerprint density at radius 2 is 2.00 bits per heavy atom. The Balaban J connectivity index is 1.74. The number of thiophene rings is 1. The first-order chi connectivity index (χ1) is 13.6. The van der Waals surface area contributed by atoms with Gasteiger partial charge in [0, 0.05) is 26.1 Å². The summed E-state index contributed by atoms with van der Waals surface area (Å²) in [4.78, 5) is 34.3. The molecule has 3 aromatic rings. The van der Waals surface area contributed by atoms with E-state index >= 15 is 0 Å². The van der Waals surface area contributed by atoms with Crippen LogP contribution >= 0.6 is 11.3 Å². The molecule has 3 heterocycles. The van der Waals surface area contributed by atoms with E-state index in [9.17, 15) is 9.59 Å². The lowest BCUT2D eigenvalue weighted by molar-refractivity contribution is 0.0757. The second-order valence-electron chi connectivity index (χ2n) is 7.34. The quantitative estimate of drug-likeness (QED) is 0.667. The molecule has 1 aromatic carbocycles. The average molecular weight is 396 g/mol. The van der Waals surface area contributed by atoms with Crippen LogP contribution in [0.4, 0.5) is 0 Å². The van der Waals surface area contributed by atoms with Gasteiger partial charge in [-0.15, -0.1) is 11.3 Å². The largest absolute Gasteiger partial charge is 0.334 e. The number of aromatic nitrogens is 2. The van der Waals surface area contributed by atoms with Crippen molar-refractivity contribution in [2.24, 2.45) is 0 Å². The zero-order valence-electron chi connectivity index (χ0n) is 16.4. The Labute approximate surface area is 168 Å². The summed E-state index contributed by atoms with van der Waals surface area (Å²) in [5.74, 6) is 0.846. The van der Waals surface area contributed by atoms with Gasteiger partial charge in [0.2, 0.25) is 0 Å². The van der Waals surface area contributed by atoms with Crippen molar-refractivity contribution in [1.29, 1.82) is 0 Å².